The predicted octanol–water partition coefficient (Wildman–Crippen LogP) is 26.6. The van der Waals surface area contributed by atoms with Gasteiger partial charge < -0.3 is 0 Å². The van der Waals surface area contributed by atoms with Gasteiger partial charge in [-0.3, -0.25) is 0 Å². The molecule has 0 saturated heterocycles. The van der Waals surface area contributed by atoms with Crippen LogP contribution in [-0.2, 0) is 0 Å². The van der Waals surface area contributed by atoms with E-state index in [0.717, 1.165) is 150 Å². The Balaban J connectivity index is 0.000000127. The van der Waals surface area contributed by atoms with Gasteiger partial charge >= 0.3 is 0 Å². The standard InChI is InChI=1S/C13H22.C11H20.2C10H18.2C9H16.C8H14.C8H16.C7H14/c1-8(2)13-11-4-9-3-10(6-11)7-12(13)5-9;1-8(2)11-7-9-3-5-10(11)6-4-9;1-7(2)10-6-8-3-4-9(10)5-8;1-7(2)10-8-3-4-9(10)6-5-8;1-6(2)9-5-7-3-8(9)4-7;1-6(2)9-7-3-4-8(9)5-7;1-5(2)8-6-3-7(8)4-6;1-2-8-6-4-3-5-7-8;1-2-7-5-3-4-6-7/h8-13H,3-7H2,1-2H3;8-11H,3-7H2,1-2H3;2*7-10H,3-6H2,1-2H3;2*6-9H,3-5H2,1-2H3;5-8H,3-4H2,1-2H3;8H,2-7H2,1H3;7H,2-6H2,1H3/i2*8D;2*7D;2*6D;5D;2*2D2. The van der Waals surface area contributed by atoms with E-state index < -0.39 is 12.7 Å². The molecule has 0 nitrogen and oxygen atoms in total. The van der Waals surface area contributed by atoms with Crippen LogP contribution in [0.4, 0.5) is 0 Å². The second-order valence-corrected chi connectivity index (χ2v) is 35.8. The molecule has 22 aliphatic carbocycles. The maximum absolute atomic E-state index is 8.31. The first kappa shape index (κ1) is 55.5. The van der Waals surface area contributed by atoms with Crippen LogP contribution in [0.15, 0.2) is 0 Å². The third kappa shape index (κ3) is 18.0. The molecule has 0 radical (unpaired) electrons. The van der Waals surface area contributed by atoms with Crippen molar-refractivity contribution in [1.82, 2.24) is 0 Å². The van der Waals surface area contributed by atoms with E-state index >= 15 is 0 Å². The Labute approximate surface area is 550 Å². The van der Waals surface area contributed by atoms with Gasteiger partial charge in [0.1, 0.15) is 0 Å². The van der Waals surface area contributed by atoms with Gasteiger partial charge in [-0.05, 0) is 337 Å². The summed E-state index contributed by atoms with van der Waals surface area (Å²) < 4.78 is 85.7. The fraction of sp³-hybridized carbons (Fsp3) is 1.00. The molecule has 7 unspecified atom stereocenters. The van der Waals surface area contributed by atoms with E-state index in [2.05, 4.69) is 96.9 Å². The summed E-state index contributed by atoms with van der Waals surface area (Å²) in [5.74, 6) is 19.8. The average molecular weight is 1190 g/mol. The normalized spacial score (nSPS) is 46.5. The predicted molar refractivity (Wildman–Crippen MR) is 373 cm³/mol. The van der Waals surface area contributed by atoms with E-state index in [0.29, 0.717) is 23.7 Å². The van der Waals surface area contributed by atoms with Crippen LogP contribution in [-0.4, -0.2) is 0 Å². The van der Waals surface area contributed by atoms with E-state index in [-0.39, 0.29) is 41.3 Å². The molecule has 85 heavy (non-hydrogen) atoms. The second kappa shape index (κ2) is 32.7. The first-order valence-electron chi connectivity index (χ1n) is 44.2. The van der Waals surface area contributed by atoms with Gasteiger partial charge in [0, 0.05) is 15.1 Å². The molecular weight excluding hydrogens is 1020 g/mol. The molecule has 0 heteroatoms. The highest BCUT2D eigenvalue weighted by Crippen LogP contribution is 2.62. The summed E-state index contributed by atoms with van der Waals surface area (Å²) in [6.45, 7) is 32.6. The van der Waals surface area contributed by atoms with Crippen molar-refractivity contribution in [2.24, 2.45) is 189 Å². The Morgan fingerprint density at radius 3 is 0.765 bits per heavy atom. The van der Waals surface area contributed by atoms with E-state index in [1.165, 1.54) is 199 Å². The lowest BCUT2D eigenvalue weighted by Gasteiger charge is -2.60. The van der Waals surface area contributed by atoms with Gasteiger partial charge in [0.25, 0.3) is 0 Å². The monoisotopic (exact) mass is 1190 g/mol. The van der Waals surface area contributed by atoms with Crippen LogP contribution >= 0.6 is 0 Å². The second-order valence-electron chi connectivity index (χ2n) is 35.8. The van der Waals surface area contributed by atoms with Crippen molar-refractivity contribution >= 4 is 0 Å². The van der Waals surface area contributed by atoms with Gasteiger partial charge in [-0.15, -0.1) is 0 Å². The Bertz CT molecular complexity index is 2240. The largest absolute Gasteiger partial charge is 0.0651 e. The molecule has 0 spiro atoms. The molecule has 22 rings (SSSR count). The summed E-state index contributed by atoms with van der Waals surface area (Å²) in [7, 11) is 0. The van der Waals surface area contributed by atoms with Crippen LogP contribution in [0.2, 0.25) is 0 Å². The lowest BCUT2D eigenvalue weighted by molar-refractivity contribution is -0.107. The van der Waals surface area contributed by atoms with Crippen LogP contribution in [0, 0.1) is 189 Å². The highest BCUT2D eigenvalue weighted by Gasteiger charge is 2.53. The first-order chi connectivity index (χ1) is 44.2. The molecule has 22 fully saturated rings. The van der Waals surface area contributed by atoms with Crippen molar-refractivity contribution in [3.63, 3.8) is 0 Å². The number of hydrogen-bond acceptors (Lipinski definition) is 0. The van der Waals surface area contributed by atoms with Crippen LogP contribution < -0.4 is 0 Å². The van der Waals surface area contributed by atoms with Crippen molar-refractivity contribution in [1.29, 1.82) is 0 Å². The maximum Gasteiger partial charge on any atom is 0.0300 e. The Morgan fingerprint density at radius 2 is 0.518 bits per heavy atom. The SMILES string of the molecule is [2H]C(C)(C)C1C2CC1C2.[2H]C(C)(C)C1C2CC3CC(C2)CC1C3.[2H]C(C)(C)C1C2CCC1C2.[2H]C(C)(C)C1C2CCC1CC2.[2H]C(C)(C)C1CC2CC1C2.[2H]C(C)(C)C1CC2CCC1C2.[2H]C(C)(C)C1CC2CCC1CC2.[2H]C([2H])(C)C1CCCC1.[2H]C([2H])(C)C1CCCCC1. The molecule has 0 aromatic rings. The molecule has 0 heterocycles. The van der Waals surface area contributed by atoms with E-state index in [9.17, 15) is 0 Å². The first-order valence-corrected chi connectivity index (χ1v) is 38.7. The Morgan fingerprint density at radius 1 is 0.235 bits per heavy atom. The maximum atomic E-state index is 8.31. The summed E-state index contributed by atoms with van der Waals surface area (Å²) >= 11 is 0. The molecule has 494 valence electrons. The van der Waals surface area contributed by atoms with Crippen LogP contribution in [0.25, 0.3) is 0 Å². The Kier molecular flexibility index (Phi) is 21.3. The van der Waals surface area contributed by atoms with Gasteiger partial charge in [-0.2, -0.15) is 0 Å². The molecule has 7 atom stereocenters. The molecule has 0 N–H and O–H groups in total. The molecule has 0 aromatic heterocycles. The third-order valence-corrected chi connectivity index (χ3v) is 28.7. The van der Waals surface area contributed by atoms with Gasteiger partial charge in [-0.1, -0.05) is 201 Å². The zero-order chi connectivity index (χ0) is 70.7. The summed E-state index contributed by atoms with van der Waals surface area (Å²) in [6.07, 6.45) is 45.9. The molecule has 22 saturated carbocycles. The lowest BCUT2D eigenvalue weighted by Crippen LogP contribution is -2.52. The lowest BCUT2D eigenvalue weighted by atomic mass is 9.45. The summed E-state index contributed by atoms with van der Waals surface area (Å²) in [5.41, 5.74) is 0. The van der Waals surface area contributed by atoms with E-state index in [4.69, 9.17) is 15.1 Å². The molecule has 0 aliphatic heterocycles. The number of hydrogen-bond donors (Lipinski definition) is 0. The number of rotatable bonds is 9. The number of fused-ring (bicyclic) bond motifs is 9. The van der Waals surface area contributed by atoms with E-state index in [1.54, 1.807) is 13.8 Å². The van der Waals surface area contributed by atoms with Crippen molar-refractivity contribution in [2.75, 3.05) is 0 Å². The van der Waals surface area contributed by atoms with Crippen LogP contribution in [0.3, 0.4) is 0 Å². The van der Waals surface area contributed by atoms with Crippen LogP contribution in [0.1, 0.15) is 363 Å². The third-order valence-electron chi connectivity index (χ3n) is 28.7. The minimum atomic E-state index is -0.930. The highest BCUT2D eigenvalue weighted by molar-refractivity contribution is 5.03. The summed E-state index contributed by atoms with van der Waals surface area (Å²) in [5, 5.41) is 0. The zero-order valence-electron chi connectivity index (χ0n) is 70.7. The fourth-order valence-electron chi connectivity index (χ4n) is 24.3. The van der Waals surface area contributed by atoms with Crippen molar-refractivity contribution in [3.8, 4) is 0 Å². The molecule has 16 bridgehead atoms. The van der Waals surface area contributed by atoms with E-state index in [1.807, 2.05) is 0 Å². The van der Waals surface area contributed by atoms with Crippen molar-refractivity contribution < 1.29 is 15.1 Å². The highest BCUT2D eigenvalue weighted by atomic mass is 14.6. The van der Waals surface area contributed by atoms with Gasteiger partial charge in [0.15, 0.2) is 0 Å². The smallest absolute Gasteiger partial charge is 0.0300 e. The van der Waals surface area contributed by atoms with Gasteiger partial charge in [-0.25, -0.2) is 0 Å². The summed E-state index contributed by atoms with van der Waals surface area (Å²) in [6, 6.07) is 0. The fourth-order valence-corrected chi connectivity index (χ4v) is 24.3. The van der Waals surface area contributed by atoms with Gasteiger partial charge in [0.05, 0.1) is 0 Å². The molecular formula is C85H154. The van der Waals surface area contributed by atoms with Crippen molar-refractivity contribution in [2.45, 2.75) is 348 Å². The topological polar surface area (TPSA) is 0 Å². The molecule has 22 aliphatic rings. The Hall–Kier alpha value is 0. The zero-order valence-corrected chi connectivity index (χ0v) is 59.7. The molecule has 0 amide bonds. The van der Waals surface area contributed by atoms with Gasteiger partial charge in [0.2, 0.25) is 0 Å². The quantitative estimate of drug-likeness (QED) is 0.216. The molecule has 0 aromatic carbocycles. The minimum absolute atomic E-state index is 0.133. The van der Waals surface area contributed by atoms with Crippen LogP contribution in [0.5, 0.6) is 0 Å². The van der Waals surface area contributed by atoms with Crippen molar-refractivity contribution in [3.05, 3.63) is 0 Å². The minimum Gasteiger partial charge on any atom is -0.0651 e. The summed E-state index contributed by atoms with van der Waals surface area (Å²) in [4.78, 5) is 0. The average Bonchev–Trinajstić information content (AvgIpc) is 1.33.